The van der Waals surface area contributed by atoms with Gasteiger partial charge in [-0.05, 0) is 23.1 Å². The summed E-state index contributed by atoms with van der Waals surface area (Å²) in [7, 11) is 0. The number of hydrogen-bond donors (Lipinski definition) is 0. The minimum absolute atomic E-state index is 0.112. The minimum Gasteiger partial charge on any atom is -0.270 e. The van der Waals surface area contributed by atoms with Crippen LogP contribution in [0.2, 0.25) is 0 Å². The molecule has 4 rings (SSSR count). The molecule has 0 saturated heterocycles. The van der Waals surface area contributed by atoms with Crippen molar-refractivity contribution < 1.29 is 0 Å². The lowest BCUT2D eigenvalue weighted by Gasteiger charge is -2.19. The first-order valence-electron chi connectivity index (χ1n) is 10.5. The molecule has 0 radical (unpaired) electrons. The number of hydrogen-bond acceptors (Lipinski definition) is 5. The highest BCUT2D eigenvalue weighted by Gasteiger charge is 2.38. The standard InChI is InChI=1S/C25H27N5S/c1-5-6-16-25(28-29-25)17-18-31-23-27-26-22(30(23)21-10-8-7-9-11-21)19-12-14-20(15-13-19)24(2,3)4/h1,7-15H,6,16-18H2,2-4H3. The molecule has 158 valence electrons. The number of rotatable bonds is 8. The summed E-state index contributed by atoms with van der Waals surface area (Å²) in [5, 5.41) is 18.4. The van der Waals surface area contributed by atoms with E-state index >= 15 is 0 Å². The number of thioether (sulfide) groups is 1. The molecule has 1 aromatic heterocycles. The lowest BCUT2D eigenvalue weighted by Crippen LogP contribution is -2.12. The predicted molar refractivity (Wildman–Crippen MR) is 126 cm³/mol. The van der Waals surface area contributed by atoms with Gasteiger partial charge in [0.05, 0.1) is 0 Å². The third kappa shape index (κ3) is 4.88. The van der Waals surface area contributed by atoms with Gasteiger partial charge in [0.1, 0.15) is 0 Å². The molecule has 3 aromatic rings. The summed E-state index contributed by atoms with van der Waals surface area (Å²) >= 11 is 1.68. The molecule has 0 N–H and O–H groups in total. The van der Waals surface area contributed by atoms with Crippen LogP contribution in [0.5, 0.6) is 0 Å². The van der Waals surface area contributed by atoms with E-state index in [9.17, 15) is 0 Å². The van der Waals surface area contributed by atoms with E-state index in [0.717, 1.165) is 40.8 Å². The van der Waals surface area contributed by atoms with E-state index in [1.165, 1.54) is 5.56 Å². The lowest BCUT2D eigenvalue weighted by molar-refractivity contribution is 0.544. The maximum atomic E-state index is 5.40. The SMILES string of the molecule is C#CCCC1(CCSc2nnc(-c3ccc(C(C)(C)C)cc3)n2-c2ccccc2)N=N1. The highest BCUT2D eigenvalue weighted by Crippen LogP contribution is 2.39. The number of benzene rings is 2. The topological polar surface area (TPSA) is 55.4 Å². The first-order valence-corrected chi connectivity index (χ1v) is 11.5. The van der Waals surface area contributed by atoms with E-state index in [-0.39, 0.29) is 11.1 Å². The van der Waals surface area contributed by atoms with Crippen LogP contribution in [0, 0.1) is 12.3 Å². The van der Waals surface area contributed by atoms with Gasteiger partial charge in [-0.2, -0.15) is 10.2 Å². The van der Waals surface area contributed by atoms with Gasteiger partial charge in [-0.1, -0.05) is 75.0 Å². The Morgan fingerprint density at radius 1 is 0.968 bits per heavy atom. The van der Waals surface area contributed by atoms with Crippen LogP contribution < -0.4 is 0 Å². The Labute approximate surface area is 188 Å². The normalized spacial score (nSPS) is 14.4. The van der Waals surface area contributed by atoms with Crippen molar-refractivity contribution >= 4 is 11.8 Å². The van der Waals surface area contributed by atoms with E-state index in [4.69, 9.17) is 6.42 Å². The molecular weight excluding hydrogens is 402 g/mol. The molecule has 0 spiro atoms. The van der Waals surface area contributed by atoms with Crippen molar-refractivity contribution in [2.45, 2.75) is 56.3 Å². The second-order valence-corrected chi connectivity index (χ2v) is 9.85. The van der Waals surface area contributed by atoms with Crippen LogP contribution in [0.15, 0.2) is 70.0 Å². The second-order valence-electron chi connectivity index (χ2n) is 8.79. The second kappa shape index (κ2) is 8.68. The Morgan fingerprint density at radius 3 is 2.29 bits per heavy atom. The Hall–Kier alpha value is -2.91. The maximum Gasteiger partial charge on any atom is 0.196 e. The van der Waals surface area contributed by atoms with Gasteiger partial charge in [-0.25, -0.2) is 0 Å². The molecular formula is C25H27N5S. The highest BCUT2D eigenvalue weighted by atomic mass is 32.2. The van der Waals surface area contributed by atoms with E-state index in [1.54, 1.807) is 11.8 Å². The van der Waals surface area contributed by atoms with Crippen LogP contribution in [0.3, 0.4) is 0 Å². The highest BCUT2D eigenvalue weighted by molar-refractivity contribution is 7.99. The van der Waals surface area contributed by atoms with E-state index in [2.05, 4.69) is 88.1 Å². The van der Waals surface area contributed by atoms with Crippen molar-refractivity contribution in [3.05, 3.63) is 60.2 Å². The first-order chi connectivity index (χ1) is 14.9. The van der Waals surface area contributed by atoms with E-state index in [0.29, 0.717) is 6.42 Å². The van der Waals surface area contributed by atoms with Gasteiger partial charge in [0.2, 0.25) is 0 Å². The van der Waals surface area contributed by atoms with Gasteiger partial charge in [-0.3, -0.25) is 4.57 Å². The number of aromatic nitrogens is 3. The zero-order valence-electron chi connectivity index (χ0n) is 18.2. The number of para-hydroxylation sites is 1. The predicted octanol–water partition coefficient (Wildman–Crippen LogP) is 6.29. The zero-order valence-corrected chi connectivity index (χ0v) is 19.1. The fourth-order valence-electron chi connectivity index (χ4n) is 3.45. The van der Waals surface area contributed by atoms with Gasteiger partial charge in [0.15, 0.2) is 16.6 Å². The summed E-state index contributed by atoms with van der Waals surface area (Å²) in [4.78, 5) is 0. The summed E-state index contributed by atoms with van der Waals surface area (Å²) in [6.45, 7) is 6.66. The van der Waals surface area contributed by atoms with Crippen LogP contribution in [0.25, 0.3) is 17.1 Å². The molecule has 2 aromatic carbocycles. The third-order valence-electron chi connectivity index (χ3n) is 5.44. The largest absolute Gasteiger partial charge is 0.270 e. The first kappa shape index (κ1) is 21.3. The van der Waals surface area contributed by atoms with Gasteiger partial charge in [0, 0.05) is 36.3 Å². The molecule has 0 fully saturated rings. The smallest absolute Gasteiger partial charge is 0.196 e. The Bertz CT molecular complexity index is 1100. The molecule has 0 atom stereocenters. The van der Waals surface area contributed by atoms with Crippen molar-refractivity contribution in [3.8, 4) is 29.4 Å². The van der Waals surface area contributed by atoms with Crippen molar-refractivity contribution in [1.29, 1.82) is 0 Å². The fourth-order valence-corrected chi connectivity index (χ4v) is 4.48. The van der Waals surface area contributed by atoms with Crippen molar-refractivity contribution in [3.63, 3.8) is 0 Å². The average Bonchev–Trinajstić information content (AvgIpc) is 3.41. The monoisotopic (exact) mass is 429 g/mol. The van der Waals surface area contributed by atoms with Gasteiger partial charge < -0.3 is 0 Å². The van der Waals surface area contributed by atoms with Crippen molar-refractivity contribution in [2.75, 3.05) is 5.75 Å². The molecule has 31 heavy (non-hydrogen) atoms. The Morgan fingerprint density at radius 2 is 1.68 bits per heavy atom. The summed E-state index contributed by atoms with van der Waals surface area (Å²) in [5.74, 6) is 4.38. The van der Waals surface area contributed by atoms with Crippen molar-refractivity contribution in [2.24, 2.45) is 10.2 Å². The van der Waals surface area contributed by atoms with Crippen LogP contribution >= 0.6 is 11.8 Å². The molecule has 0 bridgehead atoms. The molecule has 1 aliphatic rings. The van der Waals surface area contributed by atoms with Gasteiger partial charge in [0.25, 0.3) is 0 Å². The third-order valence-corrected chi connectivity index (χ3v) is 6.37. The molecule has 0 unspecified atom stereocenters. The lowest BCUT2D eigenvalue weighted by atomic mass is 9.87. The molecule has 0 saturated carbocycles. The quantitative estimate of drug-likeness (QED) is 0.312. The van der Waals surface area contributed by atoms with Crippen molar-refractivity contribution in [1.82, 2.24) is 14.8 Å². The maximum absolute atomic E-state index is 5.40. The van der Waals surface area contributed by atoms with Crippen LogP contribution in [0.1, 0.15) is 45.6 Å². The van der Waals surface area contributed by atoms with Crippen LogP contribution in [0.4, 0.5) is 0 Å². The summed E-state index contributed by atoms with van der Waals surface area (Å²) < 4.78 is 2.13. The minimum atomic E-state index is -0.275. The molecule has 1 aliphatic heterocycles. The average molecular weight is 430 g/mol. The zero-order chi connectivity index (χ0) is 21.9. The van der Waals surface area contributed by atoms with Gasteiger partial charge in [-0.15, -0.1) is 22.5 Å². The number of nitrogens with zero attached hydrogens (tertiary/aromatic N) is 5. The molecule has 6 heteroatoms. The molecule has 2 heterocycles. The Balaban J connectivity index is 1.59. The molecule has 0 aliphatic carbocycles. The van der Waals surface area contributed by atoms with E-state index in [1.807, 2.05) is 18.2 Å². The fraction of sp³-hybridized carbons (Fsp3) is 0.360. The van der Waals surface area contributed by atoms with Gasteiger partial charge >= 0.3 is 0 Å². The molecule has 5 nitrogen and oxygen atoms in total. The summed E-state index contributed by atoms with van der Waals surface area (Å²) in [5.41, 5.74) is 3.23. The summed E-state index contributed by atoms with van der Waals surface area (Å²) in [6.07, 6.45) is 7.78. The number of terminal acetylenes is 1. The van der Waals surface area contributed by atoms with Crippen LogP contribution in [-0.2, 0) is 5.41 Å². The van der Waals surface area contributed by atoms with E-state index < -0.39 is 0 Å². The van der Waals surface area contributed by atoms with Crippen LogP contribution in [-0.4, -0.2) is 26.2 Å². The Kier molecular flexibility index (Phi) is 5.97. The summed E-state index contributed by atoms with van der Waals surface area (Å²) in [6, 6.07) is 18.9. The molecule has 0 amide bonds.